The van der Waals surface area contributed by atoms with E-state index in [0.717, 1.165) is 23.3 Å². The molecule has 1 aliphatic heterocycles. The van der Waals surface area contributed by atoms with Crippen LogP contribution in [0, 0.1) is 0 Å². The predicted octanol–water partition coefficient (Wildman–Crippen LogP) is 5.27. The number of hydrogen-bond donors (Lipinski definition) is 3. The molecule has 1 aromatic carbocycles. The summed E-state index contributed by atoms with van der Waals surface area (Å²) < 4.78 is 10.8. The highest BCUT2D eigenvalue weighted by atomic mass is 32.1. The number of thiophene rings is 1. The van der Waals surface area contributed by atoms with Gasteiger partial charge in [0, 0.05) is 48.7 Å². The molecule has 0 radical (unpaired) electrons. The Kier molecular flexibility index (Phi) is 9.46. The van der Waals surface area contributed by atoms with E-state index in [1.165, 1.54) is 11.3 Å². The van der Waals surface area contributed by atoms with E-state index in [1.807, 2.05) is 37.2 Å². The molecule has 2 aromatic heterocycles. The van der Waals surface area contributed by atoms with Gasteiger partial charge in [-0.25, -0.2) is 9.59 Å². The highest BCUT2D eigenvalue weighted by molar-refractivity contribution is 7.09. The number of carbonyl (C=O) groups excluding carboxylic acids is 3. The SMILES string of the molecule is CN(C)CCN(Cc1ccc(C(=O)Nc2cscc2NC(=O)OC(C)(C)C)nc1)C(=O)Nc1ccc2c(c1)CCO2. The highest BCUT2D eigenvalue weighted by Gasteiger charge is 2.20. The number of hydrogen-bond acceptors (Lipinski definition) is 8. The molecule has 0 saturated heterocycles. The van der Waals surface area contributed by atoms with E-state index in [9.17, 15) is 14.4 Å². The second kappa shape index (κ2) is 13.0. The Morgan fingerprint density at radius 3 is 2.46 bits per heavy atom. The van der Waals surface area contributed by atoms with Crippen molar-refractivity contribution in [1.29, 1.82) is 0 Å². The van der Waals surface area contributed by atoms with Crippen molar-refractivity contribution in [2.75, 3.05) is 49.7 Å². The van der Waals surface area contributed by atoms with E-state index in [-0.39, 0.29) is 11.7 Å². The number of nitrogens with zero attached hydrogens (tertiary/aromatic N) is 3. The summed E-state index contributed by atoms with van der Waals surface area (Å²) in [5.41, 5.74) is 3.01. The Balaban J connectivity index is 1.38. The fourth-order valence-electron chi connectivity index (χ4n) is 4.00. The number of benzene rings is 1. The number of nitrogens with one attached hydrogen (secondary N) is 3. The van der Waals surface area contributed by atoms with Crippen molar-refractivity contribution in [2.45, 2.75) is 39.3 Å². The van der Waals surface area contributed by atoms with Gasteiger partial charge in [0.25, 0.3) is 5.91 Å². The molecule has 0 spiro atoms. The number of ether oxygens (including phenoxy) is 2. The van der Waals surface area contributed by atoms with Crippen molar-refractivity contribution >= 4 is 46.4 Å². The van der Waals surface area contributed by atoms with Crippen molar-refractivity contribution in [2.24, 2.45) is 0 Å². The van der Waals surface area contributed by atoms with Crippen LogP contribution in [0.25, 0.3) is 0 Å². The fraction of sp³-hybridized carbons (Fsp3) is 0.379. The molecule has 0 unspecified atom stereocenters. The molecule has 218 valence electrons. The Bertz CT molecular complexity index is 1380. The van der Waals surface area contributed by atoms with Crippen LogP contribution in [0.4, 0.5) is 26.7 Å². The van der Waals surface area contributed by atoms with E-state index in [4.69, 9.17) is 9.47 Å². The number of amides is 4. The van der Waals surface area contributed by atoms with Crippen molar-refractivity contribution in [3.05, 3.63) is 64.1 Å². The molecular weight excluding hydrogens is 544 g/mol. The zero-order valence-corrected chi connectivity index (χ0v) is 24.8. The Hall–Kier alpha value is -4.16. The molecule has 1 aliphatic rings. The number of fused-ring (bicyclic) bond motifs is 1. The first-order valence-corrected chi connectivity index (χ1v) is 14.2. The van der Waals surface area contributed by atoms with Crippen LogP contribution in [0.5, 0.6) is 5.75 Å². The third kappa shape index (κ3) is 8.66. The zero-order valence-electron chi connectivity index (χ0n) is 23.9. The van der Waals surface area contributed by atoms with Crippen molar-refractivity contribution in [3.8, 4) is 5.75 Å². The summed E-state index contributed by atoms with van der Waals surface area (Å²) in [7, 11) is 3.90. The van der Waals surface area contributed by atoms with Crippen LogP contribution < -0.4 is 20.7 Å². The van der Waals surface area contributed by atoms with E-state index in [0.29, 0.717) is 43.3 Å². The lowest BCUT2D eigenvalue weighted by atomic mass is 10.1. The summed E-state index contributed by atoms with van der Waals surface area (Å²) >= 11 is 1.33. The largest absolute Gasteiger partial charge is 0.493 e. The molecule has 3 N–H and O–H groups in total. The molecule has 41 heavy (non-hydrogen) atoms. The summed E-state index contributed by atoms with van der Waals surface area (Å²) in [6.45, 7) is 7.47. The smallest absolute Gasteiger partial charge is 0.412 e. The number of urea groups is 1. The van der Waals surface area contributed by atoms with E-state index in [2.05, 4.69) is 20.9 Å². The molecule has 4 rings (SSSR count). The Morgan fingerprint density at radius 1 is 1.02 bits per heavy atom. The summed E-state index contributed by atoms with van der Waals surface area (Å²) in [6.07, 6.45) is 1.80. The molecule has 3 heterocycles. The van der Waals surface area contributed by atoms with Crippen LogP contribution in [-0.4, -0.2) is 72.2 Å². The number of carbonyl (C=O) groups is 3. The standard InChI is InChI=1S/C29H36N6O5S/c1-29(2,3)40-28(38)33-24-18-41-17-23(24)32-26(36)22-8-6-19(15-30-22)16-35(12-11-34(4)5)27(37)31-21-7-9-25-20(14-21)10-13-39-25/h6-9,14-15,17-18H,10-13,16H2,1-5H3,(H,31,37)(H,32,36)(H,33,38). The van der Waals surface area contributed by atoms with Gasteiger partial charge in [-0.1, -0.05) is 6.07 Å². The molecular formula is C29H36N6O5S. The molecule has 0 bridgehead atoms. The summed E-state index contributed by atoms with van der Waals surface area (Å²) in [5.74, 6) is 0.433. The molecule has 0 fully saturated rings. The molecule has 3 aromatic rings. The van der Waals surface area contributed by atoms with Gasteiger partial charge in [0.1, 0.15) is 17.0 Å². The van der Waals surface area contributed by atoms with E-state index >= 15 is 0 Å². The van der Waals surface area contributed by atoms with Crippen molar-refractivity contribution < 1.29 is 23.9 Å². The predicted molar refractivity (Wildman–Crippen MR) is 160 cm³/mol. The van der Waals surface area contributed by atoms with Crippen LogP contribution in [-0.2, 0) is 17.7 Å². The van der Waals surface area contributed by atoms with Gasteiger partial charge < -0.3 is 29.9 Å². The minimum Gasteiger partial charge on any atom is -0.493 e. The minimum absolute atomic E-state index is 0.202. The maximum Gasteiger partial charge on any atom is 0.412 e. The Morgan fingerprint density at radius 2 is 1.78 bits per heavy atom. The van der Waals surface area contributed by atoms with Gasteiger partial charge >= 0.3 is 12.1 Å². The van der Waals surface area contributed by atoms with Gasteiger partial charge in [0.2, 0.25) is 0 Å². The molecule has 11 nitrogen and oxygen atoms in total. The van der Waals surface area contributed by atoms with Gasteiger partial charge in [0.15, 0.2) is 0 Å². The van der Waals surface area contributed by atoms with Crippen LogP contribution in [0.15, 0.2) is 47.3 Å². The number of aromatic nitrogens is 1. The number of pyridine rings is 1. The first-order valence-electron chi connectivity index (χ1n) is 13.3. The van der Waals surface area contributed by atoms with Gasteiger partial charge in [-0.05, 0) is 70.3 Å². The maximum absolute atomic E-state index is 13.2. The molecule has 0 aliphatic carbocycles. The fourth-order valence-corrected chi connectivity index (χ4v) is 4.72. The zero-order chi connectivity index (χ0) is 29.6. The first kappa shape index (κ1) is 29.8. The number of anilines is 3. The van der Waals surface area contributed by atoms with Crippen LogP contribution in [0.3, 0.4) is 0 Å². The Labute approximate surface area is 243 Å². The second-order valence-electron chi connectivity index (χ2n) is 10.9. The molecule has 4 amide bonds. The third-order valence-electron chi connectivity index (χ3n) is 6.02. The minimum atomic E-state index is -0.644. The lowest BCUT2D eigenvalue weighted by molar-refractivity contribution is 0.0635. The monoisotopic (exact) mass is 580 g/mol. The molecule has 0 saturated carbocycles. The van der Waals surface area contributed by atoms with Crippen molar-refractivity contribution in [3.63, 3.8) is 0 Å². The molecule has 12 heteroatoms. The lowest BCUT2D eigenvalue weighted by Crippen LogP contribution is -2.39. The summed E-state index contributed by atoms with van der Waals surface area (Å²) in [5, 5.41) is 11.9. The van der Waals surface area contributed by atoms with E-state index in [1.54, 1.807) is 54.8 Å². The highest BCUT2D eigenvalue weighted by Crippen LogP contribution is 2.29. The van der Waals surface area contributed by atoms with Gasteiger partial charge in [-0.3, -0.25) is 15.1 Å². The lowest BCUT2D eigenvalue weighted by Gasteiger charge is -2.25. The average molecular weight is 581 g/mol. The van der Waals surface area contributed by atoms with Gasteiger partial charge in [-0.15, -0.1) is 11.3 Å². The first-order chi connectivity index (χ1) is 19.5. The van der Waals surface area contributed by atoms with E-state index < -0.39 is 17.6 Å². The van der Waals surface area contributed by atoms with Crippen LogP contribution in [0.2, 0.25) is 0 Å². The van der Waals surface area contributed by atoms with Gasteiger partial charge in [0.05, 0.1) is 18.0 Å². The second-order valence-corrected chi connectivity index (χ2v) is 11.7. The third-order valence-corrected chi connectivity index (χ3v) is 6.77. The normalized spacial score (nSPS) is 12.3. The topological polar surface area (TPSA) is 125 Å². The van der Waals surface area contributed by atoms with Crippen LogP contribution >= 0.6 is 11.3 Å². The van der Waals surface area contributed by atoms with Gasteiger partial charge in [-0.2, -0.15) is 0 Å². The average Bonchev–Trinajstić information content (AvgIpc) is 3.54. The quantitative estimate of drug-likeness (QED) is 0.315. The summed E-state index contributed by atoms with van der Waals surface area (Å²) in [6, 6.07) is 8.82. The number of rotatable bonds is 9. The maximum atomic E-state index is 13.2. The summed E-state index contributed by atoms with van der Waals surface area (Å²) in [4.78, 5) is 46.3. The van der Waals surface area contributed by atoms with Crippen LogP contribution in [0.1, 0.15) is 42.4 Å². The number of likely N-dealkylation sites (N-methyl/N-ethyl adjacent to an activating group) is 1. The van der Waals surface area contributed by atoms with Crippen molar-refractivity contribution in [1.82, 2.24) is 14.8 Å². The molecule has 0 atom stereocenters.